The maximum absolute atomic E-state index is 13.4. The number of furan rings is 1. The molecule has 0 bridgehead atoms. The summed E-state index contributed by atoms with van der Waals surface area (Å²) < 4.78 is 5.41. The number of carbonyl (C=O) groups excluding carboxylic acids is 2. The summed E-state index contributed by atoms with van der Waals surface area (Å²) in [5, 5.41) is 0. The zero-order valence-corrected chi connectivity index (χ0v) is 17.4. The molecule has 0 atom stereocenters. The summed E-state index contributed by atoms with van der Waals surface area (Å²) in [6, 6.07) is 17.1. The molecular formula is C24H21NO3S. The first-order valence-corrected chi connectivity index (χ1v) is 10.4. The molecular weight excluding hydrogens is 382 g/mol. The fourth-order valence-corrected chi connectivity index (χ4v) is 4.52. The fourth-order valence-electron chi connectivity index (χ4n) is 3.51. The first-order valence-electron chi connectivity index (χ1n) is 9.38. The van der Waals surface area contributed by atoms with Gasteiger partial charge in [0, 0.05) is 0 Å². The van der Waals surface area contributed by atoms with Crippen LogP contribution in [-0.2, 0) is 15.3 Å². The smallest absolute Gasteiger partial charge is 0.272 e. The molecule has 0 spiro atoms. The van der Waals surface area contributed by atoms with E-state index in [1.165, 1.54) is 16.7 Å². The molecule has 2 amide bonds. The van der Waals surface area contributed by atoms with Gasteiger partial charge in [0.15, 0.2) is 0 Å². The van der Waals surface area contributed by atoms with Gasteiger partial charge < -0.3 is 4.42 Å². The van der Waals surface area contributed by atoms with Gasteiger partial charge >= 0.3 is 0 Å². The van der Waals surface area contributed by atoms with Crippen molar-refractivity contribution in [2.24, 2.45) is 0 Å². The summed E-state index contributed by atoms with van der Waals surface area (Å²) in [7, 11) is 0. The highest BCUT2D eigenvalue weighted by molar-refractivity contribution is 8.03. The van der Waals surface area contributed by atoms with Crippen LogP contribution in [-0.4, -0.2) is 11.8 Å². The highest BCUT2D eigenvalue weighted by atomic mass is 32.2. The van der Waals surface area contributed by atoms with Crippen LogP contribution in [0.5, 0.6) is 0 Å². The lowest BCUT2D eigenvalue weighted by Crippen LogP contribution is -2.31. The molecule has 0 N–H and O–H groups in total. The lowest BCUT2D eigenvalue weighted by atomic mass is 9.98. The van der Waals surface area contributed by atoms with Crippen molar-refractivity contribution < 1.29 is 14.0 Å². The minimum atomic E-state index is -0.285. The average molecular weight is 404 g/mol. The van der Waals surface area contributed by atoms with Crippen LogP contribution in [0.4, 0.5) is 5.69 Å². The predicted octanol–water partition coefficient (Wildman–Crippen LogP) is 5.42. The standard InChI is InChI=1S/C24H21NO3S/c1-15-6-4-7-18(13-15)25-23(26)21(20-10-9-16(2)12-17(20)3)22(24(25)27)29-14-19-8-5-11-28-19/h4-13H,14H2,1-3H3. The normalized spacial score (nSPS) is 14.2. The van der Waals surface area contributed by atoms with Crippen LogP contribution in [0, 0.1) is 20.8 Å². The number of nitrogens with zero attached hydrogens (tertiary/aromatic N) is 1. The van der Waals surface area contributed by atoms with Crippen LogP contribution in [0.2, 0.25) is 0 Å². The van der Waals surface area contributed by atoms with Gasteiger partial charge in [0.05, 0.1) is 28.2 Å². The van der Waals surface area contributed by atoms with Gasteiger partial charge in [0.1, 0.15) is 5.76 Å². The molecule has 1 aromatic heterocycles. The third-order valence-corrected chi connectivity index (χ3v) is 5.99. The highest BCUT2D eigenvalue weighted by Gasteiger charge is 2.40. The quantitative estimate of drug-likeness (QED) is 0.534. The number of anilines is 1. The first-order chi connectivity index (χ1) is 14.0. The molecule has 0 fully saturated rings. The van der Waals surface area contributed by atoms with Gasteiger partial charge in [-0.15, -0.1) is 11.8 Å². The van der Waals surface area contributed by atoms with Gasteiger partial charge in [-0.3, -0.25) is 9.59 Å². The van der Waals surface area contributed by atoms with Crippen molar-refractivity contribution in [3.05, 3.63) is 93.8 Å². The molecule has 1 aliphatic rings. The van der Waals surface area contributed by atoms with Crippen LogP contribution >= 0.6 is 11.8 Å². The minimum Gasteiger partial charge on any atom is -0.468 e. The molecule has 146 valence electrons. The molecule has 3 aromatic rings. The van der Waals surface area contributed by atoms with Gasteiger partial charge in [-0.05, 0) is 61.7 Å². The number of amides is 2. The number of benzene rings is 2. The molecule has 1 aliphatic heterocycles. The number of thioether (sulfide) groups is 1. The van der Waals surface area contributed by atoms with Crippen molar-refractivity contribution in [1.29, 1.82) is 0 Å². The third-order valence-electron chi connectivity index (χ3n) is 4.89. The molecule has 4 nitrogen and oxygen atoms in total. The van der Waals surface area contributed by atoms with E-state index in [4.69, 9.17) is 4.42 Å². The summed E-state index contributed by atoms with van der Waals surface area (Å²) in [5.74, 6) is 0.676. The molecule has 5 heteroatoms. The van der Waals surface area contributed by atoms with Crippen LogP contribution in [0.25, 0.3) is 5.57 Å². The predicted molar refractivity (Wildman–Crippen MR) is 117 cm³/mol. The maximum atomic E-state index is 13.4. The van der Waals surface area contributed by atoms with Crippen molar-refractivity contribution in [2.45, 2.75) is 26.5 Å². The van der Waals surface area contributed by atoms with Crippen molar-refractivity contribution in [3.63, 3.8) is 0 Å². The Morgan fingerprint density at radius 1 is 0.897 bits per heavy atom. The second kappa shape index (κ2) is 7.76. The van der Waals surface area contributed by atoms with E-state index in [2.05, 4.69) is 0 Å². The number of imide groups is 1. The zero-order chi connectivity index (χ0) is 20.5. The van der Waals surface area contributed by atoms with Gasteiger partial charge in [0.2, 0.25) is 0 Å². The van der Waals surface area contributed by atoms with E-state index in [0.29, 0.717) is 21.9 Å². The van der Waals surface area contributed by atoms with Crippen LogP contribution in [0.1, 0.15) is 28.0 Å². The summed E-state index contributed by atoms with van der Waals surface area (Å²) in [6.07, 6.45) is 1.61. The van der Waals surface area contributed by atoms with E-state index in [1.807, 2.05) is 69.3 Å². The Balaban J connectivity index is 1.80. The van der Waals surface area contributed by atoms with Gasteiger partial charge in [0.25, 0.3) is 11.8 Å². The SMILES string of the molecule is Cc1cccc(N2C(=O)C(SCc3ccco3)=C(c3ccc(C)cc3C)C2=O)c1. The second-order valence-corrected chi connectivity index (χ2v) is 8.16. The molecule has 0 radical (unpaired) electrons. The third kappa shape index (κ3) is 3.66. The molecule has 29 heavy (non-hydrogen) atoms. The van der Waals surface area contributed by atoms with Crippen LogP contribution < -0.4 is 4.90 Å². The maximum Gasteiger partial charge on any atom is 0.272 e. The Bertz CT molecular complexity index is 1130. The fraction of sp³-hybridized carbons (Fsp3) is 0.167. The number of rotatable bonds is 5. The minimum absolute atomic E-state index is 0.283. The van der Waals surface area contributed by atoms with Gasteiger partial charge in [-0.2, -0.15) is 0 Å². The number of aryl methyl sites for hydroxylation is 3. The summed E-state index contributed by atoms with van der Waals surface area (Å²) in [5.41, 5.74) is 4.94. The highest BCUT2D eigenvalue weighted by Crippen LogP contribution is 2.40. The molecule has 0 aliphatic carbocycles. The summed E-state index contributed by atoms with van der Waals surface area (Å²) >= 11 is 1.35. The Morgan fingerprint density at radius 2 is 1.69 bits per heavy atom. The van der Waals surface area contributed by atoms with Crippen molar-refractivity contribution >= 4 is 34.8 Å². The van der Waals surface area contributed by atoms with Crippen molar-refractivity contribution in [2.75, 3.05) is 4.90 Å². The van der Waals surface area contributed by atoms with Crippen LogP contribution in [0.3, 0.4) is 0 Å². The number of carbonyl (C=O) groups is 2. The summed E-state index contributed by atoms with van der Waals surface area (Å²) in [6.45, 7) is 5.93. The van der Waals surface area contributed by atoms with Gasteiger partial charge in [-0.25, -0.2) is 4.90 Å². The average Bonchev–Trinajstić information content (AvgIpc) is 3.27. The number of hydrogen-bond donors (Lipinski definition) is 0. The lowest BCUT2D eigenvalue weighted by molar-refractivity contribution is -0.119. The molecule has 2 heterocycles. The zero-order valence-electron chi connectivity index (χ0n) is 16.6. The van der Waals surface area contributed by atoms with E-state index in [9.17, 15) is 9.59 Å². The van der Waals surface area contributed by atoms with E-state index in [0.717, 1.165) is 28.0 Å². The van der Waals surface area contributed by atoms with Gasteiger partial charge in [-0.1, -0.05) is 35.9 Å². The van der Waals surface area contributed by atoms with Crippen LogP contribution in [0.15, 0.2) is 70.2 Å². The first kappa shape index (κ1) is 19.3. The second-order valence-electron chi connectivity index (χ2n) is 7.18. The largest absolute Gasteiger partial charge is 0.468 e. The van der Waals surface area contributed by atoms with E-state index >= 15 is 0 Å². The topological polar surface area (TPSA) is 50.5 Å². The Hall–Kier alpha value is -3.05. The Morgan fingerprint density at radius 3 is 2.38 bits per heavy atom. The molecule has 0 saturated heterocycles. The Kier molecular flexibility index (Phi) is 5.16. The molecule has 2 aromatic carbocycles. The summed E-state index contributed by atoms with van der Waals surface area (Å²) in [4.78, 5) is 28.5. The molecule has 0 saturated carbocycles. The van der Waals surface area contributed by atoms with Crippen molar-refractivity contribution in [3.8, 4) is 0 Å². The number of hydrogen-bond acceptors (Lipinski definition) is 4. The monoisotopic (exact) mass is 403 g/mol. The molecule has 4 rings (SSSR count). The van der Waals surface area contributed by atoms with E-state index in [-0.39, 0.29) is 11.8 Å². The van der Waals surface area contributed by atoms with E-state index in [1.54, 1.807) is 12.3 Å². The lowest BCUT2D eigenvalue weighted by Gasteiger charge is -2.16. The molecule has 0 unspecified atom stereocenters. The van der Waals surface area contributed by atoms with Crippen molar-refractivity contribution in [1.82, 2.24) is 0 Å². The Labute approximate surface area is 174 Å². The van der Waals surface area contributed by atoms with E-state index < -0.39 is 0 Å².